The maximum Gasteiger partial charge on any atom is 0.0194 e. The number of rotatable bonds is 5. The summed E-state index contributed by atoms with van der Waals surface area (Å²) < 4.78 is 0. The largest absolute Gasteiger partial charge is 0.0955 e. The molecule has 4 aliphatic carbocycles. The highest BCUT2D eigenvalue weighted by Gasteiger charge is 2.60. The van der Waals surface area contributed by atoms with Crippen LogP contribution in [-0.2, 0) is 12.8 Å². The van der Waals surface area contributed by atoms with Crippen LogP contribution in [0.1, 0.15) is 100 Å². The lowest BCUT2D eigenvalue weighted by molar-refractivity contribution is 0.0544. The molecule has 0 fully saturated rings. The normalized spacial score (nSPS) is 26.2. The van der Waals surface area contributed by atoms with Crippen LogP contribution in [0.2, 0.25) is 0 Å². The van der Waals surface area contributed by atoms with Crippen molar-refractivity contribution >= 4 is 22.3 Å². The summed E-state index contributed by atoms with van der Waals surface area (Å²) in [5.41, 5.74) is 24.0. The minimum atomic E-state index is -0.189. The van der Waals surface area contributed by atoms with Crippen molar-refractivity contribution < 1.29 is 0 Å². The second kappa shape index (κ2) is 11.3. The van der Waals surface area contributed by atoms with E-state index in [1.54, 1.807) is 0 Å². The topological polar surface area (TPSA) is 0 Å². The average Bonchev–Trinajstić information content (AvgIpc) is 3.28. The van der Waals surface area contributed by atoms with Crippen LogP contribution in [0.4, 0.5) is 0 Å². The van der Waals surface area contributed by atoms with Crippen molar-refractivity contribution in [3.63, 3.8) is 0 Å². The summed E-state index contributed by atoms with van der Waals surface area (Å²) in [6.07, 6.45) is 3.96. The van der Waals surface area contributed by atoms with E-state index in [2.05, 4.69) is 136 Å². The van der Waals surface area contributed by atoms with E-state index < -0.39 is 0 Å². The van der Waals surface area contributed by atoms with Crippen molar-refractivity contribution in [2.45, 2.75) is 81.1 Å². The third kappa shape index (κ3) is 4.56. The molecule has 7 rings (SSSR count). The minimum absolute atomic E-state index is 0.0282. The number of hydrogen-bond donors (Lipinski definition) is 0. The molecule has 0 unspecified atom stereocenters. The van der Waals surface area contributed by atoms with Crippen LogP contribution in [0.3, 0.4) is 0 Å². The minimum Gasteiger partial charge on any atom is -0.0955 e. The molecule has 4 aliphatic rings. The molecule has 0 aliphatic heterocycles. The van der Waals surface area contributed by atoms with Gasteiger partial charge in [-0.05, 0) is 161 Å². The quantitative estimate of drug-likeness (QED) is 0.257. The van der Waals surface area contributed by atoms with Gasteiger partial charge in [0.1, 0.15) is 0 Å². The summed E-state index contributed by atoms with van der Waals surface area (Å²) in [7, 11) is 0. The van der Waals surface area contributed by atoms with Crippen LogP contribution in [0.25, 0.3) is 33.4 Å². The Bertz CT molecular complexity index is 2170. The molecule has 3 aromatic carbocycles. The molecule has 0 spiro atoms. The molecule has 0 heterocycles. The van der Waals surface area contributed by atoms with Gasteiger partial charge in [-0.1, -0.05) is 131 Å². The van der Waals surface area contributed by atoms with Crippen molar-refractivity contribution in [3.8, 4) is 11.1 Å². The van der Waals surface area contributed by atoms with Crippen LogP contribution >= 0.6 is 0 Å². The number of fused-ring (bicyclic) bond motifs is 4. The zero-order valence-electron chi connectivity index (χ0n) is 31.8. The summed E-state index contributed by atoms with van der Waals surface area (Å²) in [6.45, 7) is 46.6. The molecule has 0 N–H and O–H groups in total. The molecular formula is C50H54. The molecule has 0 bridgehead atoms. The van der Waals surface area contributed by atoms with Crippen molar-refractivity contribution in [1.29, 1.82) is 0 Å². The highest BCUT2D eigenvalue weighted by Crippen LogP contribution is 2.70. The predicted octanol–water partition coefficient (Wildman–Crippen LogP) is 13.8. The fourth-order valence-corrected chi connectivity index (χ4v) is 11.2. The van der Waals surface area contributed by atoms with Gasteiger partial charge < -0.3 is 0 Å². The summed E-state index contributed by atoms with van der Waals surface area (Å²) >= 11 is 0. The van der Waals surface area contributed by atoms with E-state index in [0.717, 1.165) is 36.8 Å². The zero-order valence-corrected chi connectivity index (χ0v) is 31.8. The second-order valence-electron chi connectivity index (χ2n) is 16.9. The maximum absolute atomic E-state index is 5.03. The predicted molar refractivity (Wildman–Crippen MR) is 219 cm³/mol. The molecule has 50 heavy (non-hydrogen) atoms. The lowest BCUT2D eigenvalue weighted by Gasteiger charge is -2.62. The van der Waals surface area contributed by atoms with E-state index in [1.165, 1.54) is 94.7 Å². The Morgan fingerprint density at radius 1 is 0.780 bits per heavy atom. The molecule has 0 nitrogen and oxygen atoms in total. The first kappa shape index (κ1) is 34.0. The van der Waals surface area contributed by atoms with Crippen LogP contribution < -0.4 is 0 Å². The fourth-order valence-electron chi connectivity index (χ4n) is 11.2. The van der Waals surface area contributed by atoms with Gasteiger partial charge in [0.2, 0.25) is 0 Å². The first-order chi connectivity index (χ1) is 23.4. The molecule has 254 valence electrons. The Kier molecular flexibility index (Phi) is 7.69. The number of allylic oxidation sites excluding steroid dienone is 10. The lowest BCUT2D eigenvalue weighted by atomic mass is 9.41. The second-order valence-corrected chi connectivity index (χ2v) is 16.9. The summed E-state index contributed by atoms with van der Waals surface area (Å²) in [6, 6.07) is 20.1. The van der Waals surface area contributed by atoms with E-state index in [9.17, 15) is 0 Å². The van der Waals surface area contributed by atoms with E-state index in [-0.39, 0.29) is 22.2 Å². The van der Waals surface area contributed by atoms with Gasteiger partial charge in [-0.15, -0.1) is 0 Å². The van der Waals surface area contributed by atoms with Crippen molar-refractivity contribution in [2.75, 3.05) is 0 Å². The monoisotopic (exact) mass is 654 g/mol. The number of benzene rings is 3. The molecule has 0 amide bonds. The molecule has 0 saturated carbocycles. The highest BCUT2D eigenvalue weighted by molar-refractivity contribution is 5.94. The summed E-state index contributed by atoms with van der Waals surface area (Å²) in [5, 5.41) is 0. The Balaban J connectivity index is 1.46. The Labute approximate surface area is 302 Å². The molecule has 0 aromatic heterocycles. The standard InChI is InChI=1S/C50H54/c1-28(2)37-18-17-19-38(22-37)43-24-39(23-42-32(7)40-20-15-16-21-41(40)33(42)8)31(6)46-34(9)47-36(11)50(14)35(10)45(29(3)4)30(5)25-49(50,13)27-48(47,12)26-44(43)46/h15-22,24,42H,1,3,7-10,23,25-27H2,2,4-6,11-14H3/t48-,49+,50-/m1/s1. The summed E-state index contributed by atoms with van der Waals surface area (Å²) in [5.74, 6) is 0.164. The van der Waals surface area contributed by atoms with Gasteiger partial charge in [0, 0.05) is 11.3 Å². The van der Waals surface area contributed by atoms with E-state index >= 15 is 0 Å². The smallest absolute Gasteiger partial charge is 0.0194 e. The third-order valence-electron chi connectivity index (χ3n) is 13.7. The molecule has 3 atom stereocenters. The maximum atomic E-state index is 5.03. The van der Waals surface area contributed by atoms with Gasteiger partial charge in [0.05, 0.1) is 0 Å². The highest BCUT2D eigenvalue weighted by atomic mass is 14.6. The first-order valence-electron chi connectivity index (χ1n) is 18.3. The van der Waals surface area contributed by atoms with E-state index in [1.807, 2.05) is 0 Å². The van der Waals surface area contributed by atoms with Crippen molar-refractivity contribution in [3.05, 3.63) is 166 Å². The van der Waals surface area contributed by atoms with Gasteiger partial charge in [0.15, 0.2) is 0 Å². The lowest BCUT2D eigenvalue weighted by Crippen LogP contribution is -2.52. The van der Waals surface area contributed by atoms with Crippen molar-refractivity contribution in [2.24, 2.45) is 22.2 Å². The molecule has 3 aromatic rings. The van der Waals surface area contributed by atoms with E-state index in [0.29, 0.717) is 0 Å². The van der Waals surface area contributed by atoms with E-state index in [4.69, 9.17) is 13.2 Å². The van der Waals surface area contributed by atoms with Gasteiger partial charge in [-0.2, -0.15) is 0 Å². The number of hydrogen-bond acceptors (Lipinski definition) is 0. The first-order valence-corrected chi connectivity index (χ1v) is 18.3. The SMILES string of the molecule is C=C(C)C1=C(C)C[C@@]2(C)C[C@@]3(C)Cc4c(-c5cccc(C(=C)C)c5)cc(CC5C(=C)c6ccccc6C5=C)c(C)c4C(=C)C3=C(C)[C@@]2(C)C1=C. The van der Waals surface area contributed by atoms with Gasteiger partial charge >= 0.3 is 0 Å². The van der Waals surface area contributed by atoms with Gasteiger partial charge in [-0.3, -0.25) is 0 Å². The Morgan fingerprint density at radius 2 is 1.42 bits per heavy atom. The molecule has 0 heteroatoms. The van der Waals surface area contributed by atoms with Crippen molar-refractivity contribution in [1.82, 2.24) is 0 Å². The molecule has 0 saturated heterocycles. The Hall–Kier alpha value is -4.42. The molecular weight excluding hydrogens is 601 g/mol. The Morgan fingerprint density at radius 3 is 2.02 bits per heavy atom. The van der Waals surface area contributed by atoms with Crippen LogP contribution in [0.15, 0.2) is 128 Å². The van der Waals surface area contributed by atoms with Crippen LogP contribution in [0.5, 0.6) is 0 Å². The van der Waals surface area contributed by atoms with Gasteiger partial charge in [-0.25, -0.2) is 0 Å². The third-order valence-corrected chi connectivity index (χ3v) is 13.7. The molecule has 0 radical (unpaired) electrons. The average molecular weight is 655 g/mol. The zero-order chi connectivity index (χ0) is 36.2. The van der Waals surface area contributed by atoms with Gasteiger partial charge in [0.25, 0.3) is 0 Å². The van der Waals surface area contributed by atoms with Crippen LogP contribution in [0, 0.1) is 29.1 Å². The summed E-state index contributed by atoms with van der Waals surface area (Å²) in [4.78, 5) is 0. The fraction of sp³-hybridized carbons (Fsp3) is 0.320. The van der Waals surface area contributed by atoms with Crippen LogP contribution in [-0.4, -0.2) is 0 Å².